The minimum absolute atomic E-state index is 0.153. The molecular weight excluding hydrogens is 324 g/mol. The molecule has 0 radical (unpaired) electrons. The second-order valence-electron chi connectivity index (χ2n) is 6.35. The van der Waals surface area contributed by atoms with Crippen molar-refractivity contribution in [1.82, 2.24) is 0 Å². The summed E-state index contributed by atoms with van der Waals surface area (Å²) in [4.78, 5) is 26.7. The molecule has 0 aromatic heterocycles. The van der Waals surface area contributed by atoms with Gasteiger partial charge in [0, 0.05) is 22.8 Å². The average molecular weight is 341 g/mol. The fourth-order valence-corrected chi connectivity index (χ4v) is 3.79. The van der Waals surface area contributed by atoms with Crippen molar-refractivity contribution in [2.24, 2.45) is 0 Å². The normalized spacial score (nSPS) is 18.5. The van der Waals surface area contributed by atoms with E-state index in [1.807, 2.05) is 24.0 Å². The summed E-state index contributed by atoms with van der Waals surface area (Å²) in [6.45, 7) is 2.72. The molecule has 0 unspecified atom stereocenters. The highest BCUT2D eigenvalue weighted by Gasteiger charge is 2.37. The molecule has 122 valence electrons. The fraction of sp³-hybridized carbons (Fsp3) is 0.263. The van der Waals surface area contributed by atoms with Crippen LogP contribution in [0.4, 0.5) is 11.4 Å². The minimum atomic E-state index is -0.200. The first-order chi connectivity index (χ1) is 11.5. The molecule has 4 nitrogen and oxygen atoms in total. The van der Waals surface area contributed by atoms with Gasteiger partial charge in [-0.25, -0.2) is 0 Å². The number of aryl methyl sites for hydroxylation is 1. The van der Waals surface area contributed by atoms with Crippen LogP contribution in [0.3, 0.4) is 0 Å². The number of anilines is 2. The van der Waals surface area contributed by atoms with E-state index in [0.29, 0.717) is 10.6 Å². The summed E-state index contributed by atoms with van der Waals surface area (Å²) in [5.74, 6) is -0.196. The summed E-state index contributed by atoms with van der Waals surface area (Å²) < 4.78 is 0. The number of rotatable bonds is 2. The van der Waals surface area contributed by atoms with E-state index >= 15 is 0 Å². The Morgan fingerprint density at radius 2 is 2.12 bits per heavy atom. The van der Waals surface area contributed by atoms with Crippen LogP contribution >= 0.6 is 11.6 Å². The van der Waals surface area contributed by atoms with Crippen LogP contribution in [0.1, 0.15) is 40.7 Å². The van der Waals surface area contributed by atoms with Gasteiger partial charge in [-0.05, 0) is 61.2 Å². The van der Waals surface area contributed by atoms with Gasteiger partial charge in [-0.15, -0.1) is 0 Å². The zero-order valence-corrected chi connectivity index (χ0v) is 14.1. The molecule has 24 heavy (non-hydrogen) atoms. The van der Waals surface area contributed by atoms with E-state index < -0.39 is 0 Å². The Kier molecular flexibility index (Phi) is 3.57. The van der Waals surface area contributed by atoms with Crippen molar-refractivity contribution in [3.8, 4) is 0 Å². The number of carbonyl (C=O) groups is 2. The van der Waals surface area contributed by atoms with Crippen molar-refractivity contribution in [1.29, 1.82) is 0 Å². The predicted octanol–water partition coefficient (Wildman–Crippen LogP) is 3.99. The van der Waals surface area contributed by atoms with Crippen LogP contribution in [-0.4, -0.2) is 18.4 Å². The first kappa shape index (κ1) is 15.2. The Hall–Kier alpha value is -2.33. The summed E-state index contributed by atoms with van der Waals surface area (Å²) in [7, 11) is 0. The van der Waals surface area contributed by atoms with Gasteiger partial charge in [-0.3, -0.25) is 9.59 Å². The van der Waals surface area contributed by atoms with Gasteiger partial charge in [0.2, 0.25) is 5.91 Å². The van der Waals surface area contributed by atoms with Crippen molar-refractivity contribution in [3.63, 3.8) is 0 Å². The Balaban J connectivity index is 1.69. The monoisotopic (exact) mass is 340 g/mol. The number of carbonyl (C=O) groups excluding carboxylic acids is 2. The molecule has 0 fully saturated rings. The predicted molar refractivity (Wildman–Crippen MR) is 94.9 cm³/mol. The SMILES string of the molecule is C[C@H]1C(=O)N2CCCc3cc(NC(=O)c4cccc(Cl)c4)cc1c32. The molecule has 2 heterocycles. The van der Waals surface area contributed by atoms with E-state index in [0.717, 1.165) is 41.9 Å². The van der Waals surface area contributed by atoms with E-state index in [1.165, 1.54) is 0 Å². The van der Waals surface area contributed by atoms with Crippen LogP contribution in [0, 0.1) is 0 Å². The Bertz CT molecular complexity index is 862. The number of amides is 2. The number of halogens is 1. The van der Waals surface area contributed by atoms with E-state index in [4.69, 9.17) is 11.6 Å². The molecule has 2 aliphatic heterocycles. The van der Waals surface area contributed by atoms with Gasteiger partial charge in [0.05, 0.1) is 11.6 Å². The van der Waals surface area contributed by atoms with Crippen molar-refractivity contribution < 1.29 is 9.59 Å². The Morgan fingerprint density at radius 3 is 2.92 bits per heavy atom. The molecule has 2 aromatic rings. The largest absolute Gasteiger partial charge is 0.322 e. The van der Waals surface area contributed by atoms with Gasteiger partial charge in [-0.1, -0.05) is 17.7 Å². The summed E-state index contributed by atoms with van der Waals surface area (Å²) >= 11 is 5.95. The highest BCUT2D eigenvalue weighted by atomic mass is 35.5. The maximum atomic E-state index is 12.4. The minimum Gasteiger partial charge on any atom is -0.322 e. The van der Waals surface area contributed by atoms with Crippen LogP contribution in [-0.2, 0) is 11.2 Å². The molecule has 0 aliphatic carbocycles. The van der Waals surface area contributed by atoms with Crippen molar-refractivity contribution >= 4 is 34.8 Å². The highest BCUT2D eigenvalue weighted by molar-refractivity contribution is 6.31. The van der Waals surface area contributed by atoms with Crippen LogP contribution in [0.15, 0.2) is 36.4 Å². The van der Waals surface area contributed by atoms with E-state index in [9.17, 15) is 9.59 Å². The van der Waals surface area contributed by atoms with Crippen molar-refractivity contribution in [2.75, 3.05) is 16.8 Å². The van der Waals surface area contributed by atoms with Gasteiger partial charge < -0.3 is 10.2 Å². The molecule has 1 atom stereocenters. The topological polar surface area (TPSA) is 49.4 Å². The summed E-state index contributed by atoms with van der Waals surface area (Å²) in [5.41, 5.74) is 4.45. The Labute approximate surface area is 145 Å². The number of nitrogens with zero attached hydrogens (tertiary/aromatic N) is 1. The number of nitrogens with one attached hydrogen (secondary N) is 1. The fourth-order valence-electron chi connectivity index (χ4n) is 3.60. The molecule has 2 aromatic carbocycles. The number of benzene rings is 2. The third-order valence-electron chi connectivity index (χ3n) is 4.76. The summed E-state index contributed by atoms with van der Waals surface area (Å²) in [6.07, 6.45) is 1.89. The second kappa shape index (κ2) is 5.64. The van der Waals surface area contributed by atoms with Crippen molar-refractivity contribution in [3.05, 3.63) is 58.1 Å². The van der Waals surface area contributed by atoms with Gasteiger partial charge in [-0.2, -0.15) is 0 Å². The van der Waals surface area contributed by atoms with Crippen molar-refractivity contribution in [2.45, 2.75) is 25.7 Å². The number of hydrogen-bond acceptors (Lipinski definition) is 2. The summed E-state index contributed by atoms with van der Waals surface area (Å²) in [6, 6.07) is 10.8. The third kappa shape index (κ3) is 2.38. The molecular formula is C19H17ClN2O2. The standard InChI is InChI=1S/C19H17ClN2O2/c1-11-16-10-15(21-18(23)13-4-2-6-14(20)8-13)9-12-5-3-7-22(17(12)16)19(11)24/h2,4,6,8-11H,3,5,7H2,1H3,(H,21,23)/t11-/m1/s1. The van der Waals surface area contributed by atoms with Gasteiger partial charge in [0.1, 0.15) is 0 Å². The zero-order valence-electron chi connectivity index (χ0n) is 13.3. The lowest BCUT2D eigenvalue weighted by molar-refractivity contribution is -0.119. The van der Waals surface area contributed by atoms with Crippen LogP contribution in [0.2, 0.25) is 5.02 Å². The smallest absolute Gasteiger partial charge is 0.255 e. The molecule has 0 bridgehead atoms. The molecule has 0 saturated heterocycles. The lowest BCUT2D eigenvalue weighted by Gasteiger charge is -2.26. The van der Waals surface area contributed by atoms with Gasteiger partial charge >= 0.3 is 0 Å². The van der Waals surface area contributed by atoms with E-state index in [-0.39, 0.29) is 17.7 Å². The van der Waals surface area contributed by atoms with Crippen LogP contribution in [0.25, 0.3) is 0 Å². The molecule has 2 amide bonds. The maximum Gasteiger partial charge on any atom is 0.255 e. The molecule has 0 spiro atoms. The lowest BCUT2D eigenvalue weighted by atomic mass is 9.96. The Morgan fingerprint density at radius 1 is 1.29 bits per heavy atom. The highest BCUT2D eigenvalue weighted by Crippen LogP contribution is 2.44. The van der Waals surface area contributed by atoms with E-state index in [2.05, 4.69) is 5.32 Å². The van der Waals surface area contributed by atoms with Crippen LogP contribution < -0.4 is 10.2 Å². The lowest BCUT2D eigenvalue weighted by Crippen LogP contribution is -2.32. The molecule has 4 rings (SSSR count). The summed E-state index contributed by atoms with van der Waals surface area (Å²) in [5, 5.41) is 3.47. The van der Waals surface area contributed by atoms with Gasteiger partial charge in [0.25, 0.3) is 5.91 Å². The molecule has 1 N–H and O–H groups in total. The average Bonchev–Trinajstić information content (AvgIpc) is 2.82. The first-order valence-corrected chi connectivity index (χ1v) is 8.47. The molecule has 5 heteroatoms. The molecule has 0 saturated carbocycles. The number of hydrogen-bond donors (Lipinski definition) is 1. The van der Waals surface area contributed by atoms with Crippen LogP contribution in [0.5, 0.6) is 0 Å². The quantitative estimate of drug-likeness (QED) is 0.898. The first-order valence-electron chi connectivity index (χ1n) is 8.09. The zero-order chi connectivity index (χ0) is 16.8. The second-order valence-corrected chi connectivity index (χ2v) is 6.79. The maximum absolute atomic E-state index is 12.4. The third-order valence-corrected chi connectivity index (χ3v) is 5.00. The van der Waals surface area contributed by atoms with Gasteiger partial charge in [0.15, 0.2) is 0 Å². The van der Waals surface area contributed by atoms with E-state index in [1.54, 1.807) is 24.3 Å². The molecule has 2 aliphatic rings.